The first-order valence-corrected chi connectivity index (χ1v) is 17.1. The van der Waals surface area contributed by atoms with Gasteiger partial charge in [-0.05, 0) is 96.1 Å². The summed E-state index contributed by atoms with van der Waals surface area (Å²) in [6.45, 7) is 0. The van der Waals surface area contributed by atoms with E-state index in [1.165, 1.54) is 27.1 Å². The molecule has 7 aromatic carbocycles. The first-order chi connectivity index (χ1) is 24.2. The van der Waals surface area contributed by atoms with E-state index in [1.54, 1.807) is 11.3 Å². The lowest BCUT2D eigenvalue weighted by atomic mass is 10.0. The molecule has 0 aliphatic rings. The Bertz CT molecular complexity index is 2830. The van der Waals surface area contributed by atoms with Crippen LogP contribution in [0.15, 0.2) is 168 Å². The van der Waals surface area contributed by atoms with Crippen LogP contribution in [0.25, 0.3) is 70.0 Å². The minimum absolute atomic E-state index is 0.248. The fourth-order valence-corrected chi connectivity index (χ4v) is 8.34. The van der Waals surface area contributed by atoms with E-state index in [-0.39, 0.29) is 5.82 Å². The lowest BCUT2D eigenvalue weighted by molar-refractivity contribution is 0.627. The molecular formula is C44H27FN2OS. The van der Waals surface area contributed by atoms with E-state index in [0.29, 0.717) is 0 Å². The molecule has 0 aliphatic heterocycles. The first kappa shape index (κ1) is 27.9. The van der Waals surface area contributed by atoms with Gasteiger partial charge in [0.05, 0.1) is 15.7 Å². The van der Waals surface area contributed by atoms with Gasteiger partial charge in [0.1, 0.15) is 11.4 Å². The lowest BCUT2D eigenvalue weighted by Gasteiger charge is -2.26. The number of halogens is 1. The second-order valence-electron chi connectivity index (χ2n) is 12.3. The van der Waals surface area contributed by atoms with Crippen molar-refractivity contribution in [1.82, 2.24) is 4.57 Å². The van der Waals surface area contributed by atoms with Crippen LogP contribution in [-0.4, -0.2) is 4.57 Å². The predicted molar refractivity (Wildman–Crippen MR) is 204 cm³/mol. The SMILES string of the molecule is Fc1ccc(-n2c3ccccc3c3cc(N(c4ccc(-c5ccccc5)cc4)c4ccc5c(c4)oc4c6ccccc6sc54)ccc32)cc1. The molecule has 0 fully saturated rings. The van der Waals surface area contributed by atoms with Crippen molar-refractivity contribution in [2.24, 2.45) is 0 Å². The quantitative estimate of drug-likeness (QED) is 0.185. The van der Waals surface area contributed by atoms with Crippen LogP contribution in [0.2, 0.25) is 0 Å². The summed E-state index contributed by atoms with van der Waals surface area (Å²) in [6, 6.07) is 55.9. The van der Waals surface area contributed by atoms with Gasteiger partial charge in [-0.15, -0.1) is 11.3 Å². The number of para-hydroxylation sites is 1. The number of hydrogen-bond acceptors (Lipinski definition) is 3. The molecule has 0 N–H and O–H groups in total. The summed E-state index contributed by atoms with van der Waals surface area (Å²) in [5, 5.41) is 4.53. The summed E-state index contributed by atoms with van der Waals surface area (Å²) in [7, 11) is 0. The molecule has 49 heavy (non-hydrogen) atoms. The number of fused-ring (bicyclic) bond motifs is 8. The average molecular weight is 651 g/mol. The zero-order valence-electron chi connectivity index (χ0n) is 26.2. The Morgan fingerprint density at radius 1 is 0.510 bits per heavy atom. The van der Waals surface area contributed by atoms with Crippen molar-refractivity contribution in [2.75, 3.05) is 4.90 Å². The molecule has 232 valence electrons. The van der Waals surface area contributed by atoms with Crippen molar-refractivity contribution in [2.45, 2.75) is 0 Å². The second-order valence-corrected chi connectivity index (χ2v) is 13.4. The van der Waals surface area contributed by atoms with Crippen LogP contribution in [0.4, 0.5) is 21.5 Å². The Morgan fingerprint density at radius 2 is 1.16 bits per heavy atom. The van der Waals surface area contributed by atoms with E-state index < -0.39 is 0 Å². The molecule has 0 saturated heterocycles. The normalized spacial score (nSPS) is 11.8. The molecule has 0 unspecified atom stereocenters. The summed E-state index contributed by atoms with van der Waals surface area (Å²) < 4.78 is 25.1. The number of hydrogen-bond donors (Lipinski definition) is 0. The molecule has 0 amide bonds. The fourth-order valence-electron chi connectivity index (χ4n) is 7.18. The standard InChI is InChI=1S/C44H27FN2OS/c45-30-16-20-32(21-17-30)47-39-12-6-4-10-35(39)38-26-33(23-25-40(38)47)46(31-18-14-29(15-19-31)28-8-2-1-3-9-28)34-22-24-36-41(27-34)48-43-37-11-5-7-13-42(37)49-44(36)43/h1-27H. The number of aromatic nitrogens is 1. The minimum atomic E-state index is -0.248. The zero-order valence-corrected chi connectivity index (χ0v) is 27.0. The molecule has 10 aromatic rings. The van der Waals surface area contributed by atoms with Crippen LogP contribution < -0.4 is 4.90 Å². The highest BCUT2D eigenvalue weighted by Gasteiger charge is 2.20. The largest absolute Gasteiger partial charge is 0.454 e. The zero-order chi connectivity index (χ0) is 32.5. The summed E-state index contributed by atoms with van der Waals surface area (Å²) in [6.07, 6.45) is 0. The Balaban J connectivity index is 1.17. The van der Waals surface area contributed by atoms with Crippen LogP contribution in [0, 0.1) is 5.82 Å². The van der Waals surface area contributed by atoms with Crippen molar-refractivity contribution in [3.8, 4) is 16.8 Å². The van der Waals surface area contributed by atoms with Crippen LogP contribution in [0.5, 0.6) is 0 Å². The lowest BCUT2D eigenvalue weighted by Crippen LogP contribution is -2.09. The Labute approximate surface area is 285 Å². The smallest absolute Gasteiger partial charge is 0.154 e. The Hall–Kier alpha value is -6.17. The number of rotatable bonds is 5. The van der Waals surface area contributed by atoms with E-state index in [9.17, 15) is 4.39 Å². The van der Waals surface area contributed by atoms with Gasteiger partial charge in [-0.2, -0.15) is 0 Å². The number of thiophene rings is 1. The molecule has 0 aliphatic carbocycles. The highest BCUT2D eigenvalue weighted by atomic mass is 32.1. The molecule has 10 rings (SSSR count). The Morgan fingerprint density at radius 3 is 2.00 bits per heavy atom. The van der Waals surface area contributed by atoms with Crippen molar-refractivity contribution >= 4 is 81.5 Å². The molecule has 0 atom stereocenters. The third-order valence-electron chi connectivity index (χ3n) is 9.46. The summed E-state index contributed by atoms with van der Waals surface area (Å²) in [5.41, 5.74) is 10.3. The van der Waals surface area contributed by atoms with Crippen LogP contribution in [0.1, 0.15) is 0 Å². The molecule has 0 saturated carbocycles. The van der Waals surface area contributed by atoms with E-state index in [4.69, 9.17) is 4.42 Å². The highest BCUT2D eigenvalue weighted by molar-refractivity contribution is 7.26. The maximum Gasteiger partial charge on any atom is 0.154 e. The van der Waals surface area contributed by atoms with Crippen molar-refractivity contribution in [3.63, 3.8) is 0 Å². The average Bonchev–Trinajstić information content (AvgIpc) is 3.81. The van der Waals surface area contributed by atoms with Gasteiger partial charge in [0.2, 0.25) is 0 Å². The molecular weight excluding hydrogens is 624 g/mol. The third kappa shape index (κ3) is 4.47. The highest BCUT2D eigenvalue weighted by Crippen LogP contribution is 2.44. The molecule has 3 nitrogen and oxygen atoms in total. The van der Waals surface area contributed by atoms with E-state index in [1.807, 2.05) is 18.2 Å². The van der Waals surface area contributed by atoms with E-state index in [0.717, 1.165) is 72.1 Å². The van der Waals surface area contributed by atoms with Crippen LogP contribution in [0.3, 0.4) is 0 Å². The molecule has 5 heteroatoms. The van der Waals surface area contributed by atoms with E-state index in [2.05, 4.69) is 143 Å². The van der Waals surface area contributed by atoms with Gasteiger partial charge in [0.15, 0.2) is 5.58 Å². The maximum atomic E-state index is 13.9. The second kappa shape index (κ2) is 10.9. The molecule has 0 spiro atoms. The van der Waals surface area contributed by atoms with Gasteiger partial charge >= 0.3 is 0 Å². The van der Waals surface area contributed by atoms with Crippen LogP contribution >= 0.6 is 11.3 Å². The number of anilines is 3. The van der Waals surface area contributed by atoms with E-state index >= 15 is 0 Å². The molecule has 3 heterocycles. The van der Waals surface area contributed by atoms with Gasteiger partial charge in [-0.3, -0.25) is 0 Å². The number of nitrogens with zero attached hydrogens (tertiary/aromatic N) is 2. The monoisotopic (exact) mass is 650 g/mol. The minimum Gasteiger partial charge on any atom is -0.454 e. The predicted octanol–water partition coefficient (Wildman–Crippen LogP) is 13.2. The fraction of sp³-hybridized carbons (Fsp3) is 0. The maximum absolute atomic E-state index is 13.9. The van der Waals surface area contributed by atoms with Crippen LogP contribution in [-0.2, 0) is 0 Å². The van der Waals surface area contributed by atoms with Gasteiger partial charge < -0.3 is 13.9 Å². The summed E-state index contributed by atoms with van der Waals surface area (Å²) in [5.74, 6) is -0.248. The number of furan rings is 1. The molecule has 0 bridgehead atoms. The first-order valence-electron chi connectivity index (χ1n) is 16.3. The number of benzene rings is 7. The summed E-state index contributed by atoms with van der Waals surface area (Å²) >= 11 is 1.78. The Kier molecular flexibility index (Phi) is 6.23. The van der Waals surface area contributed by atoms with Gasteiger partial charge in [0, 0.05) is 55.1 Å². The van der Waals surface area contributed by atoms with Gasteiger partial charge in [-0.25, -0.2) is 4.39 Å². The molecule has 0 radical (unpaired) electrons. The third-order valence-corrected chi connectivity index (χ3v) is 10.6. The van der Waals surface area contributed by atoms with Gasteiger partial charge in [0.25, 0.3) is 0 Å². The topological polar surface area (TPSA) is 21.3 Å². The van der Waals surface area contributed by atoms with Crippen molar-refractivity contribution < 1.29 is 8.81 Å². The van der Waals surface area contributed by atoms with Gasteiger partial charge in [-0.1, -0.05) is 72.8 Å². The summed E-state index contributed by atoms with van der Waals surface area (Å²) in [4.78, 5) is 2.30. The van der Waals surface area contributed by atoms with Crippen molar-refractivity contribution in [3.05, 3.63) is 170 Å². The van der Waals surface area contributed by atoms with Crippen molar-refractivity contribution in [1.29, 1.82) is 0 Å². The molecule has 3 aromatic heterocycles.